The fraction of sp³-hybridized carbons (Fsp3) is 0.667. The molecule has 0 bridgehead atoms. The number of aliphatic hydroxyl groups excluding tert-OH is 1. The van der Waals surface area contributed by atoms with Crippen molar-refractivity contribution in [2.24, 2.45) is 0 Å². The second-order valence-electron chi connectivity index (χ2n) is 6.59. The van der Waals surface area contributed by atoms with Crippen LogP contribution in [0, 0.1) is 0 Å². The molecule has 2 nitrogen and oxygen atoms in total. The molecule has 0 heterocycles. The van der Waals surface area contributed by atoms with Crippen molar-refractivity contribution >= 4 is 0 Å². The van der Waals surface area contributed by atoms with E-state index in [9.17, 15) is 5.11 Å². The summed E-state index contributed by atoms with van der Waals surface area (Å²) in [4.78, 5) is 0. The van der Waals surface area contributed by atoms with Crippen LogP contribution in [0.15, 0.2) is 30.3 Å². The second-order valence-corrected chi connectivity index (χ2v) is 6.59. The predicted molar refractivity (Wildman–Crippen MR) is 82.8 cm³/mol. The van der Waals surface area contributed by atoms with Crippen molar-refractivity contribution in [3.63, 3.8) is 0 Å². The minimum atomic E-state index is -0.0833. The lowest BCUT2D eigenvalue weighted by Crippen LogP contribution is -2.46. The van der Waals surface area contributed by atoms with Crippen LogP contribution >= 0.6 is 0 Å². The van der Waals surface area contributed by atoms with E-state index in [2.05, 4.69) is 35.6 Å². The van der Waals surface area contributed by atoms with Gasteiger partial charge >= 0.3 is 0 Å². The Kier molecular flexibility index (Phi) is 4.74. The Morgan fingerprint density at radius 1 is 0.900 bits per heavy atom. The molecule has 0 radical (unpaired) electrons. The molecule has 1 aromatic rings. The van der Waals surface area contributed by atoms with E-state index in [0.29, 0.717) is 18.0 Å². The van der Waals surface area contributed by atoms with Crippen LogP contribution in [0.4, 0.5) is 0 Å². The molecule has 0 amide bonds. The Morgan fingerprint density at radius 2 is 1.70 bits per heavy atom. The summed E-state index contributed by atoms with van der Waals surface area (Å²) in [5.41, 5.74) is 1.49. The summed E-state index contributed by atoms with van der Waals surface area (Å²) in [6, 6.07) is 12.1. The molecule has 2 fully saturated rings. The van der Waals surface area contributed by atoms with Gasteiger partial charge in [-0.25, -0.2) is 0 Å². The summed E-state index contributed by atoms with van der Waals surface area (Å²) >= 11 is 0. The number of nitrogens with one attached hydrogen (secondary N) is 1. The van der Waals surface area contributed by atoms with Gasteiger partial charge < -0.3 is 10.4 Å². The Bertz CT molecular complexity index is 405. The van der Waals surface area contributed by atoms with Crippen molar-refractivity contribution in [1.29, 1.82) is 0 Å². The van der Waals surface area contributed by atoms with Crippen molar-refractivity contribution in [2.45, 2.75) is 75.5 Å². The molecule has 4 atom stereocenters. The average Bonchev–Trinajstić information content (AvgIpc) is 2.49. The molecule has 110 valence electrons. The van der Waals surface area contributed by atoms with Gasteiger partial charge in [-0.3, -0.25) is 0 Å². The first-order chi connectivity index (χ1) is 9.83. The third kappa shape index (κ3) is 3.42. The zero-order valence-corrected chi connectivity index (χ0v) is 12.3. The average molecular weight is 273 g/mol. The standard InChI is InChI=1S/C18H27NO/c20-16-10-6-9-15(13-16)19-18-12-5-4-11-17(18)14-7-2-1-3-8-14/h1-3,7-8,15-20H,4-6,9-13H2. The molecular formula is C18H27NO. The first-order valence-corrected chi connectivity index (χ1v) is 8.32. The van der Waals surface area contributed by atoms with Gasteiger partial charge in [-0.2, -0.15) is 0 Å². The molecule has 0 saturated heterocycles. The molecule has 2 saturated carbocycles. The number of hydrogen-bond donors (Lipinski definition) is 2. The molecule has 20 heavy (non-hydrogen) atoms. The van der Waals surface area contributed by atoms with E-state index >= 15 is 0 Å². The SMILES string of the molecule is OC1CCCC(NC2CCCCC2c2ccccc2)C1. The lowest BCUT2D eigenvalue weighted by atomic mass is 9.79. The van der Waals surface area contributed by atoms with E-state index < -0.39 is 0 Å². The van der Waals surface area contributed by atoms with Crippen molar-refractivity contribution < 1.29 is 5.11 Å². The minimum absolute atomic E-state index is 0.0833. The fourth-order valence-electron chi connectivity index (χ4n) is 4.05. The van der Waals surface area contributed by atoms with Crippen LogP contribution in [0.2, 0.25) is 0 Å². The van der Waals surface area contributed by atoms with Crippen LogP contribution in [0.3, 0.4) is 0 Å². The Hall–Kier alpha value is -0.860. The fourth-order valence-corrected chi connectivity index (χ4v) is 4.05. The van der Waals surface area contributed by atoms with Crippen molar-refractivity contribution in [2.75, 3.05) is 0 Å². The molecule has 0 aromatic heterocycles. The summed E-state index contributed by atoms with van der Waals surface area (Å²) in [6.45, 7) is 0. The molecule has 0 aliphatic heterocycles. The van der Waals surface area contributed by atoms with Gasteiger partial charge in [-0.15, -0.1) is 0 Å². The smallest absolute Gasteiger partial charge is 0.0555 e. The van der Waals surface area contributed by atoms with Crippen LogP contribution < -0.4 is 5.32 Å². The van der Waals surface area contributed by atoms with E-state index in [1.54, 1.807) is 0 Å². The van der Waals surface area contributed by atoms with Crippen LogP contribution in [0.25, 0.3) is 0 Å². The molecule has 0 spiro atoms. The Morgan fingerprint density at radius 3 is 2.50 bits per heavy atom. The number of benzene rings is 1. The lowest BCUT2D eigenvalue weighted by molar-refractivity contribution is 0.105. The summed E-state index contributed by atoms with van der Waals surface area (Å²) in [6.07, 6.45) is 9.53. The van der Waals surface area contributed by atoms with Gasteiger partial charge in [0.2, 0.25) is 0 Å². The van der Waals surface area contributed by atoms with Crippen molar-refractivity contribution in [3.05, 3.63) is 35.9 Å². The van der Waals surface area contributed by atoms with Crippen LogP contribution in [0.1, 0.15) is 62.8 Å². The van der Waals surface area contributed by atoms with Crippen molar-refractivity contribution in [3.8, 4) is 0 Å². The van der Waals surface area contributed by atoms with Crippen LogP contribution in [-0.4, -0.2) is 23.3 Å². The van der Waals surface area contributed by atoms with Gasteiger partial charge in [0, 0.05) is 12.1 Å². The summed E-state index contributed by atoms with van der Waals surface area (Å²) in [7, 11) is 0. The van der Waals surface area contributed by atoms with E-state index in [4.69, 9.17) is 0 Å². The minimum Gasteiger partial charge on any atom is -0.393 e. The maximum Gasteiger partial charge on any atom is 0.0555 e. The summed E-state index contributed by atoms with van der Waals surface area (Å²) in [5.74, 6) is 0.656. The van der Waals surface area contributed by atoms with Crippen molar-refractivity contribution in [1.82, 2.24) is 5.32 Å². The molecule has 2 aliphatic rings. The largest absolute Gasteiger partial charge is 0.393 e. The number of rotatable bonds is 3. The normalized spacial score (nSPS) is 34.9. The van der Waals surface area contributed by atoms with E-state index in [1.807, 2.05) is 0 Å². The molecular weight excluding hydrogens is 246 g/mol. The zero-order chi connectivity index (χ0) is 13.8. The highest BCUT2D eigenvalue weighted by atomic mass is 16.3. The number of hydrogen-bond acceptors (Lipinski definition) is 2. The van der Waals surface area contributed by atoms with Gasteiger partial charge in [0.05, 0.1) is 6.10 Å². The first kappa shape index (κ1) is 14.1. The maximum atomic E-state index is 9.85. The highest BCUT2D eigenvalue weighted by Gasteiger charge is 2.29. The molecule has 2 heteroatoms. The van der Waals surface area contributed by atoms with Gasteiger partial charge in [0.15, 0.2) is 0 Å². The second kappa shape index (κ2) is 6.73. The quantitative estimate of drug-likeness (QED) is 0.882. The highest BCUT2D eigenvalue weighted by molar-refractivity contribution is 5.22. The third-order valence-electron chi connectivity index (χ3n) is 5.09. The van der Waals surface area contributed by atoms with Crippen LogP contribution in [-0.2, 0) is 0 Å². The molecule has 2 N–H and O–H groups in total. The summed E-state index contributed by atoms with van der Waals surface area (Å²) in [5, 5.41) is 13.7. The third-order valence-corrected chi connectivity index (χ3v) is 5.09. The molecule has 3 rings (SSSR count). The molecule has 4 unspecified atom stereocenters. The maximum absolute atomic E-state index is 9.85. The Labute approximate surface area is 122 Å². The molecule has 2 aliphatic carbocycles. The first-order valence-electron chi connectivity index (χ1n) is 8.32. The lowest BCUT2D eigenvalue weighted by Gasteiger charge is -2.37. The van der Waals surface area contributed by atoms with Crippen LogP contribution in [0.5, 0.6) is 0 Å². The van der Waals surface area contributed by atoms with Gasteiger partial charge in [-0.05, 0) is 50.0 Å². The van der Waals surface area contributed by atoms with Gasteiger partial charge in [0.25, 0.3) is 0 Å². The summed E-state index contributed by atoms with van der Waals surface area (Å²) < 4.78 is 0. The number of aliphatic hydroxyl groups is 1. The van der Waals surface area contributed by atoms with E-state index in [-0.39, 0.29) is 6.10 Å². The van der Waals surface area contributed by atoms with E-state index in [0.717, 1.165) is 12.8 Å². The topological polar surface area (TPSA) is 32.3 Å². The van der Waals surface area contributed by atoms with Gasteiger partial charge in [-0.1, -0.05) is 43.2 Å². The predicted octanol–water partition coefficient (Wildman–Crippen LogP) is 3.61. The Balaban J connectivity index is 1.66. The highest BCUT2D eigenvalue weighted by Crippen LogP contribution is 2.34. The molecule has 1 aromatic carbocycles. The van der Waals surface area contributed by atoms with E-state index in [1.165, 1.54) is 44.1 Å². The monoisotopic (exact) mass is 273 g/mol. The van der Waals surface area contributed by atoms with Gasteiger partial charge in [0.1, 0.15) is 0 Å². The zero-order valence-electron chi connectivity index (χ0n) is 12.3.